The van der Waals surface area contributed by atoms with Crippen LogP contribution < -0.4 is 11.1 Å². The molecule has 1 heterocycles. The number of nitrogen functional groups attached to an aromatic ring is 1. The number of anilines is 2. The maximum Gasteiger partial charge on any atom is 0.146 e. The van der Waals surface area contributed by atoms with Crippen LogP contribution >= 0.6 is 11.6 Å². The molecular formula is C12H12ClN3. The third kappa shape index (κ3) is 2.64. The number of nitrogens with zero attached hydrogens (tertiary/aromatic N) is 1. The van der Waals surface area contributed by atoms with E-state index in [0.717, 1.165) is 16.3 Å². The van der Waals surface area contributed by atoms with Gasteiger partial charge in [0.2, 0.25) is 0 Å². The summed E-state index contributed by atoms with van der Waals surface area (Å²) in [7, 11) is 0. The van der Waals surface area contributed by atoms with E-state index in [1.165, 1.54) is 0 Å². The molecule has 0 amide bonds. The molecule has 4 heteroatoms. The van der Waals surface area contributed by atoms with Crippen LogP contribution in [0.15, 0.2) is 42.6 Å². The van der Waals surface area contributed by atoms with Crippen LogP contribution in [0.25, 0.3) is 0 Å². The predicted octanol–water partition coefficient (Wildman–Crippen LogP) is 2.93. The topological polar surface area (TPSA) is 50.9 Å². The highest BCUT2D eigenvalue weighted by atomic mass is 35.5. The van der Waals surface area contributed by atoms with Gasteiger partial charge in [-0.05, 0) is 29.8 Å². The fourth-order valence-corrected chi connectivity index (χ4v) is 1.62. The largest absolute Gasteiger partial charge is 0.382 e. The molecule has 0 atom stereocenters. The highest BCUT2D eigenvalue weighted by Crippen LogP contribution is 2.16. The maximum atomic E-state index is 5.89. The molecule has 3 nitrogen and oxygen atoms in total. The molecule has 0 fully saturated rings. The molecule has 0 radical (unpaired) electrons. The van der Waals surface area contributed by atoms with Crippen LogP contribution in [0.4, 0.5) is 11.5 Å². The first-order chi connectivity index (χ1) is 7.75. The van der Waals surface area contributed by atoms with Gasteiger partial charge in [-0.1, -0.05) is 23.7 Å². The Bertz CT molecular complexity index is 485. The Balaban J connectivity index is 2.05. The van der Waals surface area contributed by atoms with E-state index in [1.54, 1.807) is 6.20 Å². The van der Waals surface area contributed by atoms with Gasteiger partial charge in [0, 0.05) is 17.8 Å². The summed E-state index contributed by atoms with van der Waals surface area (Å²) < 4.78 is 0. The van der Waals surface area contributed by atoms with Crippen molar-refractivity contribution in [1.82, 2.24) is 4.98 Å². The Labute approximate surface area is 99.3 Å². The van der Waals surface area contributed by atoms with E-state index in [0.29, 0.717) is 12.4 Å². The molecule has 16 heavy (non-hydrogen) atoms. The standard InChI is InChI=1S/C12H12ClN3/c13-10-4-1-3-9(7-10)8-16-11-5-2-6-15-12(11)14/h1-7,16H,8H2,(H2,14,15). The first-order valence-corrected chi connectivity index (χ1v) is 5.32. The SMILES string of the molecule is Nc1ncccc1NCc1cccc(Cl)c1. The molecule has 0 aliphatic rings. The molecule has 0 bridgehead atoms. The Kier molecular flexibility index (Phi) is 3.27. The lowest BCUT2D eigenvalue weighted by Crippen LogP contribution is -2.03. The molecular weight excluding hydrogens is 222 g/mol. The summed E-state index contributed by atoms with van der Waals surface area (Å²) in [6.45, 7) is 0.677. The zero-order chi connectivity index (χ0) is 11.4. The van der Waals surface area contributed by atoms with E-state index in [9.17, 15) is 0 Å². The van der Waals surface area contributed by atoms with Crippen LogP contribution in [-0.4, -0.2) is 4.98 Å². The van der Waals surface area contributed by atoms with E-state index in [-0.39, 0.29) is 0 Å². The summed E-state index contributed by atoms with van der Waals surface area (Å²) in [6.07, 6.45) is 1.67. The van der Waals surface area contributed by atoms with Gasteiger partial charge in [-0.3, -0.25) is 0 Å². The van der Waals surface area contributed by atoms with Gasteiger partial charge in [-0.25, -0.2) is 4.98 Å². The number of nitrogens with two attached hydrogens (primary N) is 1. The summed E-state index contributed by atoms with van der Waals surface area (Å²) in [6, 6.07) is 11.4. The maximum absolute atomic E-state index is 5.89. The second-order valence-corrected chi connectivity index (χ2v) is 3.86. The number of halogens is 1. The lowest BCUT2D eigenvalue weighted by molar-refractivity contribution is 1.14. The number of nitrogens with one attached hydrogen (secondary N) is 1. The number of benzene rings is 1. The molecule has 0 saturated heterocycles. The Hall–Kier alpha value is -1.74. The molecule has 1 aromatic carbocycles. The third-order valence-electron chi connectivity index (χ3n) is 2.21. The van der Waals surface area contributed by atoms with Crippen molar-refractivity contribution < 1.29 is 0 Å². The van der Waals surface area contributed by atoms with Gasteiger partial charge in [0.25, 0.3) is 0 Å². The van der Waals surface area contributed by atoms with Crippen molar-refractivity contribution in [3.63, 3.8) is 0 Å². The van der Waals surface area contributed by atoms with E-state index in [4.69, 9.17) is 17.3 Å². The first-order valence-electron chi connectivity index (χ1n) is 4.94. The second-order valence-electron chi connectivity index (χ2n) is 3.42. The molecule has 0 saturated carbocycles. The summed E-state index contributed by atoms with van der Waals surface area (Å²) in [5.41, 5.74) is 7.66. The second kappa shape index (κ2) is 4.86. The van der Waals surface area contributed by atoms with Gasteiger partial charge in [0.05, 0.1) is 5.69 Å². The number of pyridine rings is 1. The summed E-state index contributed by atoms with van der Waals surface area (Å²) in [5, 5.41) is 3.94. The van der Waals surface area contributed by atoms with Crippen LogP contribution in [-0.2, 0) is 6.54 Å². The molecule has 82 valence electrons. The number of hydrogen-bond acceptors (Lipinski definition) is 3. The van der Waals surface area contributed by atoms with Gasteiger partial charge in [0.15, 0.2) is 0 Å². The third-order valence-corrected chi connectivity index (χ3v) is 2.45. The van der Waals surface area contributed by atoms with E-state index in [2.05, 4.69) is 10.3 Å². The highest BCUT2D eigenvalue weighted by molar-refractivity contribution is 6.30. The molecule has 3 N–H and O–H groups in total. The molecule has 1 aromatic heterocycles. The van der Waals surface area contributed by atoms with Gasteiger partial charge < -0.3 is 11.1 Å². The molecule has 0 unspecified atom stereocenters. The zero-order valence-electron chi connectivity index (χ0n) is 8.65. The Morgan fingerprint density at radius 3 is 2.88 bits per heavy atom. The fraction of sp³-hybridized carbons (Fsp3) is 0.0833. The van der Waals surface area contributed by atoms with Gasteiger partial charge in [0.1, 0.15) is 5.82 Å². The number of rotatable bonds is 3. The number of hydrogen-bond donors (Lipinski definition) is 2. The highest BCUT2D eigenvalue weighted by Gasteiger charge is 1.98. The predicted molar refractivity (Wildman–Crippen MR) is 67.4 cm³/mol. The molecule has 2 aromatic rings. The van der Waals surface area contributed by atoms with Crippen LogP contribution in [0.5, 0.6) is 0 Å². The van der Waals surface area contributed by atoms with Crippen LogP contribution in [0.1, 0.15) is 5.56 Å². The first kappa shape index (κ1) is 10.8. The number of aromatic nitrogens is 1. The van der Waals surface area contributed by atoms with Crippen LogP contribution in [0.3, 0.4) is 0 Å². The fourth-order valence-electron chi connectivity index (χ4n) is 1.41. The smallest absolute Gasteiger partial charge is 0.146 e. The minimum atomic E-state index is 0.504. The average Bonchev–Trinajstić information content (AvgIpc) is 2.28. The lowest BCUT2D eigenvalue weighted by atomic mass is 10.2. The van der Waals surface area contributed by atoms with Crippen molar-refractivity contribution >= 4 is 23.1 Å². The van der Waals surface area contributed by atoms with Crippen LogP contribution in [0, 0.1) is 0 Å². The molecule has 0 aliphatic carbocycles. The van der Waals surface area contributed by atoms with Gasteiger partial charge >= 0.3 is 0 Å². The summed E-state index contributed by atoms with van der Waals surface area (Å²) >= 11 is 5.89. The minimum Gasteiger partial charge on any atom is -0.382 e. The van der Waals surface area contributed by atoms with Crippen molar-refractivity contribution in [1.29, 1.82) is 0 Å². The lowest BCUT2D eigenvalue weighted by Gasteiger charge is -2.08. The molecule has 2 rings (SSSR count). The average molecular weight is 234 g/mol. The van der Waals surface area contributed by atoms with Crippen molar-refractivity contribution in [3.05, 3.63) is 53.2 Å². The Morgan fingerprint density at radius 2 is 2.12 bits per heavy atom. The van der Waals surface area contributed by atoms with Crippen molar-refractivity contribution in [3.8, 4) is 0 Å². The van der Waals surface area contributed by atoms with Crippen LogP contribution in [0.2, 0.25) is 5.02 Å². The molecule has 0 aliphatic heterocycles. The Morgan fingerprint density at radius 1 is 1.25 bits per heavy atom. The van der Waals surface area contributed by atoms with E-state index >= 15 is 0 Å². The van der Waals surface area contributed by atoms with E-state index < -0.39 is 0 Å². The minimum absolute atomic E-state index is 0.504. The van der Waals surface area contributed by atoms with Crippen molar-refractivity contribution in [2.24, 2.45) is 0 Å². The summed E-state index contributed by atoms with van der Waals surface area (Å²) in [5.74, 6) is 0.504. The molecule has 0 spiro atoms. The van der Waals surface area contributed by atoms with E-state index in [1.807, 2.05) is 36.4 Å². The normalized spacial score (nSPS) is 10.1. The van der Waals surface area contributed by atoms with Gasteiger partial charge in [-0.15, -0.1) is 0 Å². The zero-order valence-corrected chi connectivity index (χ0v) is 9.41. The monoisotopic (exact) mass is 233 g/mol. The summed E-state index contributed by atoms with van der Waals surface area (Å²) in [4.78, 5) is 4.00. The van der Waals surface area contributed by atoms with Crippen molar-refractivity contribution in [2.45, 2.75) is 6.54 Å². The van der Waals surface area contributed by atoms with Crippen molar-refractivity contribution in [2.75, 3.05) is 11.1 Å². The van der Waals surface area contributed by atoms with Gasteiger partial charge in [-0.2, -0.15) is 0 Å². The quantitative estimate of drug-likeness (QED) is 0.857.